The molecule has 1 aliphatic rings. The summed E-state index contributed by atoms with van der Waals surface area (Å²) in [6, 6.07) is 18.3. The van der Waals surface area contributed by atoms with E-state index in [2.05, 4.69) is 21.5 Å². The molecule has 0 aromatic heterocycles. The number of hydrogen-bond donors (Lipinski definition) is 4. The minimum Gasteiger partial charge on any atom is -0.359 e. The lowest BCUT2D eigenvalue weighted by atomic mass is 10.0. The van der Waals surface area contributed by atoms with Gasteiger partial charge >= 0.3 is 0 Å². The highest BCUT2D eigenvalue weighted by atomic mass is 32.1. The molecule has 7 heteroatoms. The Labute approximate surface area is 176 Å². The van der Waals surface area contributed by atoms with Gasteiger partial charge in [-0.2, -0.15) is 0 Å². The molecule has 3 rings (SSSR count). The second-order valence-electron chi connectivity index (χ2n) is 7.13. The van der Waals surface area contributed by atoms with E-state index >= 15 is 0 Å². The molecule has 0 saturated heterocycles. The third-order valence-electron chi connectivity index (χ3n) is 4.94. The quantitative estimate of drug-likeness (QED) is 0.435. The minimum absolute atomic E-state index is 0.0849. The number of hydrazine groups is 1. The summed E-state index contributed by atoms with van der Waals surface area (Å²) in [6.45, 7) is 0. The zero-order valence-electron chi connectivity index (χ0n) is 16.2. The zero-order chi connectivity index (χ0) is 20.5. The first-order chi connectivity index (χ1) is 14.1. The van der Waals surface area contributed by atoms with Crippen LogP contribution in [0.2, 0.25) is 0 Å². The molecule has 1 fully saturated rings. The Balaban J connectivity index is 1.57. The summed E-state index contributed by atoms with van der Waals surface area (Å²) in [4.78, 5) is 25.1. The second-order valence-corrected chi connectivity index (χ2v) is 7.54. The van der Waals surface area contributed by atoms with Crippen LogP contribution in [-0.2, 0) is 4.79 Å². The first-order valence-electron chi connectivity index (χ1n) is 9.88. The van der Waals surface area contributed by atoms with E-state index in [9.17, 15) is 9.59 Å². The van der Waals surface area contributed by atoms with Gasteiger partial charge < -0.3 is 10.6 Å². The number of amides is 2. The van der Waals surface area contributed by atoms with Crippen LogP contribution in [0.25, 0.3) is 0 Å². The van der Waals surface area contributed by atoms with Crippen molar-refractivity contribution in [2.45, 2.75) is 44.2 Å². The van der Waals surface area contributed by atoms with Gasteiger partial charge in [-0.05, 0) is 42.8 Å². The van der Waals surface area contributed by atoms with Gasteiger partial charge in [-0.25, -0.2) is 0 Å². The Morgan fingerprint density at radius 2 is 1.55 bits per heavy atom. The van der Waals surface area contributed by atoms with Gasteiger partial charge in [0.2, 0.25) is 5.91 Å². The lowest BCUT2D eigenvalue weighted by Gasteiger charge is -2.20. The second kappa shape index (κ2) is 10.6. The van der Waals surface area contributed by atoms with Crippen LogP contribution >= 0.6 is 12.2 Å². The Morgan fingerprint density at radius 1 is 0.931 bits per heavy atom. The Morgan fingerprint density at radius 3 is 2.21 bits per heavy atom. The summed E-state index contributed by atoms with van der Waals surface area (Å²) >= 11 is 5.24. The molecule has 2 aromatic rings. The standard InChI is InChI=1S/C22H26N4O2S/c27-20(25-26-22(29)23-18-13-7-8-14-18)15-19(16-9-3-1-4-10-16)24-21(28)17-11-5-2-6-12-17/h1-6,9-12,18-19H,7-8,13-15H2,(H,24,28)(H,25,27)(H2,23,26,29)/t19-/m1/s1. The van der Waals surface area contributed by atoms with Crippen molar-refractivity contribution in [2.75, 3.05) is 0 Å². The normalized spacial score (nSPS) is 14.6. The number of nitrogens with one attached hydrogen (secondary N) is 4. The summed E-state index contributed by atoms with van der Waals surface area (Å²) in [7, 11) is 0. The van der Waals surface area contributed by atoms with Crippen LogP contribution in [0.3, 0.4) is 0 Å². The number of carbonyl (C=O) groups excluding carboxylic acids is 2. The van der Waals surface area contributed by atoms with Gasteiger partial charge in [-0.3, -0.25) is 20.4 Å². The van der Waals surface area contributed by atoms with E-state index in [-0.39, 0.29) is 18.2 Å². The number of hydrogen-bond acceptors (Lipinski definition) is 3. The van der Waals surface area contributed by atoms with Crippen molar-refractivity contribution in [3.05, 3.63) is 71.8 Å². The van der Waals surface area contributed by atoms with Gasteiger partial charge in [0.25, 0.3) is 5.91 Å². The predicted octanol–water partition coefficient (Wildman–Crippen LogP) is 2.99. The fraction of sp³-hybridized carbons (Fsp3) is 0.318. The van der Waals surface area contributed by atoms with Crippen molar-refractivity contribution >= 4 is 29.1 Å². The molecule has 1 aliphatic carbocycles. The van der Waals surface area contributed by atoms with Crippen LogP contribution in [0.15, 0.2) is 60.7 Å². The van der Waals surface area contributed by atoms with E-state index in [1.807, 2.05) is 36.4 Å². The summed E-state index contributed by atoms with van der Waals surface area (Å²) < 4.78 is 0. The monoisotopic (exact) mass is 410 g/mol. The molecule has 6 nitrogen and oxygen atoms in total. The average molecular weight is 411 g/mol. The van der Waals surface area contributed by atoms with Crippen LogP contribution in [0, 0.1) is 0 Å². The first-order valence-corrected chi connectivity index (χ1v) is 10.3. The summed E-state index contributed by atoms with van der Waals surface area (Å²) in [5.41, 5.74) is 6.79. The number of benzene rings is 2. The minimum atomic E-state index is -0.456. The molecule has 2 aromatic carbocycles. The van der Waals surface area contributed by atoms with Crippen LogP contribution in [-0.4, -0.2) is 23.0 Å². The van der Waals surface area contributed by atoms with Gasteiger partial charge in [0.15, 0.2) is 5.11 Å². The van der Waals surface area contributed by atoms with Gasteiger partial charge in [-0.1, -0.05) is 61.4 Å². The fourth-order valence-corrected chi connectivity index (χ4v) is 3.64. The molecule has 4 N–H and O–H groups in total. The van der Waals surface area contributed by atoms with Crippen LogP contribution in [0.5, 0.6) is 0 Å². The Bertz CT molecular complexity index is 823. The highest BCUT2D eigenvalue weighted by molar-refractivity contribution is 7.80. The molecule has 0 radical (unpaired) electrons. The molecule has 29 heavy (non-hydrogen) atoms. The van der Waals surface area contributed by atoms with E-state index in [4.69, 9.17) is 12.2 Å². The van der Waals surface area contributed by atoms with Crippen LogP contribution < -0.4 is 21.5 Å². The molecular formula is C22H26N4O2S. The molecule has 1 saturated carbocycles. The molecule has 1 atom stereocenters. The number of carbonyl (C=O) groups is 2. The predicted molar refractivity (Wildman–Crippen MR) is 117 cm³/mol. The van der Waals surface area contributed by atoms with Crippen molar-refractivity contribution in [3.63, 3.8) is 0 Å². The smallest absolute Gasteiger partial charge is 0.251 e. The lowest BCUT2D eigenvalue weighted by Crippen LogP contribution is -2.49. The van der Waals surface area contributed by atoms with E-state index in [1.165, 1.54) is 12.8 Å². The summed E-state index contributed by atoms with van der Waals surface area (Å²) in [5, 5.41) is 6.57. The van der Waals surface area contributed by atoms with E-state index in [1.54, 1.807) is 24.3 Å². The molecule has 152 valence electrons. The molecule has 0 aliphatic heterocycles. The molecule has 0 spiro atoms. The Hall–Kier alpha value is -2.93. The van der Waals surface area contributed by atoms with Crippen molar-refractivity contribution in [3.8, 4) is 0 Å². The maximum Gasteiger partial charge on any atom is 0.251 e. The summed E-state index contributed by atoms with van der Waals surface area (Å²) in [6.07, 6.45) is 4.68. The average Bonchev–Trinajstić information content (AvgIpc) is 3.26. The highest BCUT2D eigenvalue weighted by Crippen LogP contribution is 2.18. The molecule has 0 unspecified atom stereocenters. The maximum atomic E-state index is 12.6. The molecule has 0 bridgehead atoms. The van der Waals surface area contributed by atoms with Crippen molar-refractivity contribution in [2.24, 2.45) is 0 Å². The van der Waals surface area contributed by atoms with E-state index in [0.29, 0.717) is 16.7 Å². The van der Waals surface area contributed by atoms with Crippen molar-refractivity contribution in [1.29, 1.82) is 0 Å². The summed E-state index contributed by atoms with van der Waals surface area (Å²) in [5.74, 6) is -0.485. The highest BCUT2D eigenvalue weighted by Gasteiger charge is 2.20. The van der Waals surface area contributed by atoms with Crippen molar-refractivity contribution < 1.29 is 9.59 Å². The first kappa shape index (κ1) is 20.8. The van der Waals surface area contributed by atoms with Gasteiger partial charge in [0.05, 0.1) is 12.5 Å². The van der Waals surface area contributed by atoms with Gasteiger partial charge in [-0.15, -0.1) is 0 Å². The lowest BCUT2D eigenvalue weighted by molar-refractivity contribution is -0.122. The van der Waals surface area contributed by atoms with Crippen LogP contribution in [0.1, 0.15) is 54.1 Å². The third kappa shape index (κ3) is 6.57. The number of thiocarbonyl (C=S) groups is 1. The van der Waals surface area contributed by atoms with E-state index < -0.39 is 6.04 Å². The Kier molecular flexibility index (Phi) is 7.58. The van der Waals surface area contributed by atoms with Gasteiger partial charge in [0, 0.05) is 11.6 Å². The van der Waals surface area contributed by atoms with Crippen LogP contribution in [0.4, 0.5) is 0 Å². The SMILES string of the molecule is O=C(C[C@@H](NC(=O)c1ccccc1)c1ccccc1)NNC(=S)NC1CCCC1. The molecule has 0 heterocycles. The topological polar surface area (TPSA) is 82.3 Å². The maximum absolute atomic E-state index is 12.6. The van der Waals surface area contributed by atoms with Gasteiger partial charge in [0.1, 0.15) is 0 Å². The number of rotatable bonds is 6. The molecular weight excluding hydrogens is 384 g/mol. The zero-order valence-corrected chi connectivity index (χ0v) is 17.0. The fourth-order valence-electron chi connectivity index (χ4n) is 3.42. The van der Waals surface area contributed by atoms with E-state index in [0.717, 1.165) is 18.4 Å². The largest absolute Gasteiger partial charge is 0.359 e. The molecule has 2 amide bonds. The third-order valence-corrected chi connectivity index (χ3v) is 5.16. The van der Waals surface area contributed by atoms with Crippen molar-refractivity contribution in [1.82, 2.24) is 21.5 Å².